The van der Waals surface area contributed by atoms with E-state index in [1.165, 1.54) is 7.11 Å². The number of nitrogens with one attached hydrogen (secondary N) is 1. The van der Waals surface area contributed by atoms with Gasteiger partial charge >= 0.3 is 11.9 Å². The maximum Gasteiger partial charge on any atom is 0.328 e. The first-order chi connectivity index (χ1) is 17.2. The largest absolute Gasteiger partial charge is 0.467 e. The van der Waals surface area contributed by atoms with Gasteiger partial charge < -0.3 is 14.8 Å². The summed E-state index contributed by atoms with van der Waals surface area (Å²) in [6.07, 6.45) is -0.00585. The number of carbonyl (C=O) groups is 3. The highest BCUT2D eigenvalue weighted by molar-refractivity contribution is 5.98. The van der Waals surface area contributed by atoms with Crippen LogP contribution < -0.4 is 5.32 Å². The van der Waals surface area contributed by atoms with E-state index in [4.69, 9.17) is 9.47 Å². The van der Waals surface area contributed by atoms with Crippen LogP contribution in [0.15, 0.2) is 91.0 Å². The van der Waals surface area contributed by atoms with Gasteiger partial charge in [0.1, 0.15) is 17.1 Å². The van der Waals surface area contributed by atoms with Gasteiger partial charge in [-0.3, -0.25) is 9.59 Å². The molecule has 0 heterocycles. The lowest BCUT2D eigenvalue weighted by Gasteiger charge is -2.35. The number of ether oxygens (including phenoxy) is 2. The SMILES string of the molecule is COC(=O)[C@H](CCC(=O)OC(C)(C)C)NC(=O)C(c1ccccc1)(c1ccccc1)c1ccccc1. The maximum absolute atomic E-state index is 14.3. The van der Waals surface area contributed by atoms with Crippen LogP contribution in [0.4, 0.5) is 0 Å². The van der Waals surface area contributed by atoms with Crippen molar-refractivity contribution in [3.05, 3.63) is 108 Å². The number of benzene rings is 3. The molecular formula is C30H33NO5. The molecule has 0 radical (unpaired) electrons. The number of hydrogen-bond donors (Lipinski definition) is 1. The quantitative estimate of drug-likeness (QED) is 0.346. The van der Waals surface area contributed by atoms with Gasteiger partial charge in [0.25, 0.3) is 0 Å². The Morgan fingerprint density at radius 2 is 1.17 bits per heavy atom. The van der Waals surface area contributed by atoms with Crippen LogP contribution in [0.5, 0.6) is 0 Å². The second kappa shape index (κ2) is 11.7. The van der Waals surface area contributed by atoms with Crippen molar-refractivity contribution in [2.45, 2.75) is 50.7 Å². The highest BCUT2D eigenvalue weighted by Gasteiger charge is 2.45. The number of rotatable bonds is 9. The molecule has 0 aliphatic heterocycles. The lowest BCUT2D eigenvalue weighted by atomic mass is 9.68. The summed E-state index contributed by atoms with van der Waals surface area (Å²) in [4.78, 5) is 39.4. The van der Waals surface area contributed by atoms with Gasteiger partial charge in [-0.1, -0.05) is 91.0 Å². The third kappa shape index (κ3) is 6.19. The molecule has 1 amide bonds. The Morgan fingerprint density at radius 3 is 1.53 bits per heavy atom. The average Bonchev–Trinajstić information content (AvgIpc) is 2.87. The summed E-state index contributed by atoms with van der Waals surface area (Å²) < 4.78 is 10.3. The lowest BCUT2D eigenvalue weighted by molar-refractivity contribution is -0.155. The zero-order valence-electron chi connectivity index (χ0n) is 21.2. The van der Waals surface area contributed by atoms with Crippen molar-refractivity contribution in [2.24, 2.45) is 0 Å². The van der Waals surface area contributed by atoms with Gasteiger partial charge in [0.15, 0.2) is 0 Å². The monoisotopic (exact) mass is 487 g/mol. The Morgan fingerprint density at radius 1 is 0.750 bits per heavy atom. The van der Waals surface area contributed by atoms with Gasteiger partial charge in [-0.15, -0.1) is 0 Å². The van der Waals surface area contributed by atoms with Crippen molar-refractivity contribution in [1.82, 2.24) is 5.32 Å². The molecule has 0 fully saturated rings. The topological polar surface area (TPSA) is 81.7 Å². The third-order valence-corrected chi connectivity index (χ3v) is 5.81. The van der Waals surface area contributed by atoms with Gasteiger partial charge in [0.2, 0.25) is 5.91 Å². The maximum atomic E-state index is 14.3. The first-order valence-electron chi connectivity index (χ1n) is 12.0. The molecule has 0 bridgehead atoms. The molecule has 36 heavy (non-hydrogen) atoms. The average molecular weight is 488 g/mol. The highest BCUT2D eigenvalue weighted by atomic mass is 16.6. The number of esters is 2. The molecule has 1 atom stereocenters. The fourth-order valence-corrected chi connectivity index (χ4v) is 4.27. The summed E-state index contributed by atoms with van der Waals surface area (Å²) in [6.45, 7) is 5.33. The third-order valence-electron chi connectivity index (χ3n) is 5.81. The van der Waals surface area contributed by atoms with E-state index < -0.39 is 34.9 Å². The van der Waals surface area contributed by atoms with E-state index in [0.29, 0.717) is 0 Å². The molecule has 0 aromatic heterocycles. The number of hydrogen-bond acceptors (Lipinski definition) is 5. The minimum Gasteiger partial charge on any atom is -0.467 e. The second-order valence-corrected chi connectivity index (χ2v) is 9.52. The molecule has 3 aromatic carbocycles. The fourth-order valence-electron chi connectivity index (χ4n) is 4.27. The Kier molecular flexibility index (Phi) is 8.64. The van der Waals surface area contributed by atoms with Crippen LogP contribution >= 0.6 is 0 Å². The van der Waals surface area contributed by atoms with E-state index in [-0.39, 0.29) is 12.8 Å². The summed E-state index contributed by atoms with van der Waals surface area (Å²) in [6, 6.07) is 27.3. The summed E-state index contributed by atoms with van der Waals surface area (Å²) in [5, 5.41) is 2.90. The Labute approximate surface area is 212 Å². The van der Waals surface area contributed by atoms with Gasteiger partial charge in [-0.2, -0.15) is 0 Å². The first kappa shape index (κ1) is 26.7. The smallest absolute Gasteiger partial charge is 0.328 e. The standard InChI is InChI=1S/C30H33NO5/c1-29(2,3)36-26(32)21-20-25(27(33)35-4)31-28(34)30(22-14-8-5-9-15-22,23-16-10-6-11-17-23)24-18-12-7-13-19-24/h5-19,25H,20-21H2,1-4H3,(H,31,34)/t25-/m0/s1. The van der Waals surface area contributed by atoms with Gasteiger partial charge in [0.05, 0.1) is 7.11 Å². The van der Waals surface area contributed by atoms with Crippen LogP contribution in [0, 0.1) is 0 Å². The predicted molar refractivity (Wildman–Crippen MR) is 138 cm³/mol. The molecule has 0 aliphatic carbocycles. The summed E-state index contributed by atoms with van der Waals surface area (Å²) in [5.41, 5.74) is 0.341. The number of carbonyl (C=O) groups excluding carboxylic acids is 3. The van der Waals surface area contributed by atoms with Crippen LogP contribution in [0.3, 0.4) is 0 Å². The second-order valence-electron chi connectivity index (χ2n) is 9.52. The van der Waals surface area contributed by atoms with Crippen molar-refractivity contribution in [2.75, 3.05) is 7.11 Å². The molecule has 3 aromatic rings. The molecule has 0 spiro atoms. The lowest BCUT2D eigenvalue weighted by Crippen LogP contribution is -2.52. The van der Waals surface area contributed by atoms with Crippen molar-refractivity contribution >= 4 is 17.8 Å². The van der Waals surface area contributed by atoms with Crippen LogP contribution in [0.25, 0.3) is 0 Å². The van der Waals surface area contributed by atoms with E-state index in [9.17, 15) is 14.4 Å². The Balaban J connectivity index is 2.06. The minimum absolute atomic E-state index is 0.0434. The van der Waals surface area contributed by atoms with Crippen molar-refractivity contribution < 1.29 is 23.9 Å². The molecular weight excluding hydrogens is 454 g/mol. The van der Waals surface area contributed by atoms with Crippen molar-refractivity contribution in [1.29, 1.82) is 0 Å². The van der Waals surface area contributed by atoms with E-state index in [2.05, 4.69) is 5.32 Å². The molecule has 0 aliphatic rings. The number of amides is 1. The molecule has 0 saturated carbocycles. The van der Waals surface area contributed by atoms with Crippen LogP contribution in [-0.4, -0.2) is 36.6 Å². The summed E-state index contributed by atoms with van der Waals surface area (Å²) in [5.74, 6) is -1.48. The molecule has 0 unspecified atom stereocenters. The molecule has 188 valence electrons. The highest BCUT2D eigenvalue weighted by Crippen LogP contribution is 2.39. The molecule has 3 rings (SSSR count). The molecule has 6 nitrogen and oxygen atoms in total. The van der Waals surface area contributed by atoms with Gasteiger partial charge in [-0.05, 0) is 43.9 Å². The Bertz CT molecular complexity index is 1060. The minimum atomic E-state index is -1.25. The van der Waals surface area contributed by atoms with Gasteiger partial charge in [-0.25, -0.2) is 4.79 Å². The van der Waals surface area contributed by atoms with E-state index in [1.54, 1.807) is 20.8 Å². The Hall–Kier alpha value is -3.93. The van der Waals surface area contributed by atoms with E-state index in [0.717, 1.165) is 16.7 Å². The summed E-state index contributed by atoms with van der Waals surface area (Å²) in [7, 11) is 1.26. The molecule has 0 saturated heterocycles. The van der Waals surface area contributed by atoms with E-state index >= 15 is 0 Å². The zero-order chi connectivity index (χ0) is 26.2. The normalized spacial score (nSPS) is 12.3. The van der Waals surface area contributed by atoms with Crippen LogP contribution in [0.2, 0.25) is 0 Å². The van der Waals surface area contributed by atoms with Crippen LogP contribution in [0.1, 0.15) is 50.3 Å². The fraction of sp³-hybridized carbons (Fsp3) is 0.300. The van der Waals surface area contributed by atoms with Crippen molar-refractivity contribution in [3.63, 3.8) is 0 Å². The van der Waals surface area contributed by atoms with Gasteiger partial charge in [0, 0.05) is 6.42 Å². The number of methoxy groups -OCH3 is 1. The van der Waals surface area contributed by atoms with E-state index in [1.807, 2.05) is 91.0 Å². The molecule has 6 heteroatoms. The predicted octanol–water partition coefficient (Wildman–Crippen LogP) is 4.80. The first-order valence-corrected chi connectivity index (χ1v) is 12.0. The van der Waals surface area contributed by atoms with Crippen LogP contribution in [-0.2, 0) is 29.3 Å². The zero-order valence-corrected chi connectivity index (χ0v) is 21.2. The van der Waals surface area contributed by atoms with Crippen molar-refractivity contribution in [3.8, 4) is 0 Å². The summed E-state index contributed by atoms with van der Waals surface area (Å²) >= 11 is 0. The molecule has 1 N–H and O–H groups in total.